The monoisotopic (exact) mass is 282 g/mol. The van der Waals surface area contributed by atoms with Crippen molar-refractivity contribution in [3.63, 3.8) is 0 Å². The number of esters is 1. The molecule has 0 aromatic carbocycles. The number of alkyl halides is 2. The minimum Gasteiger partial charge on any atom is -0.468 e. The minimum absolute atomic E-state index is 0.0486. The van der Waals surface area contributed by atoms with Crippen LogP contribution in [0.3, 0.4) is 0 Å². The van der Waals surface area contributed by atoms with Crippen LogP contribution in [0.15, 0.2) is 0 Å². The number of halogens is 2. The van der Waals surface area contributed by atoms with E-state index in [2.05, 4.69) is 0 Å². The van der Waals surface area contributed by atoms with Crippen LogP contribution in [-0.4, -0.2) is 30.0 Å². The van der Waals surface area contributed by atoms with Gasteiger partial charge in [-0.3, -0.25) is 4.79 Å². The predicted molar refractivity (Wildman–Crippen MR) is 72.3 cm³/mol. The van der Waals surface area contributed by atoms with Gasteiger partial charge in [0.25, 0.3) is 0 Å². The van der Waals surface area contributed by atoms with Gasteiger partial charge in [-0.05, 0) is 18.6 Å². The first-order valence-corrected chi connectivity index (χ1v) is 7.59. The largest absolute Gasteiger partial charge is 0.468 e. The molecule has 0 saturated heterocycles. The molecule has 0 N–H and O–H groups in total. The first kappa shape index (κ1) is 17.7. The number of hydrogen-bond acceptors (Lipinski definition) is 3. The lowest BCUT2D eigenvalue weighted by atomic mass is 10.1. The molecule has 0 radical (unpaired) electrons. The van der Waals surface area contributed by atoms with Gasteiger partial charge in [-0.15, -0.1) is 11.8 Å². The number of thioether (sulfide) groups is 1. The fraction of sp³-hybridized carbons (Fsp3) is 0.923. The second-order valence-electron chi connectivity index (χ2n) is 4.38. The quantitative estimate of drug-likeness (QED) is 0.442. The Balaban J connectivity index is 3.89. The van der Waals surface area contributed by atoms with Crippen LogP contribution in [0.2, 0.25) is 0 Å². The first-order valence-electron chi connectivity index (χ1n) is 6.54. The maximum absolute atomic E-state index is 13.2. The molecule has 0 amide bonds. The molecule has 1 atom stereocenters. The van der Waals surface area contributed by atoms with Crippen LogP contribution < -0.4 is 0 Å². The summed E-state index contributed by atoms with van der Waals surface area (Å²) in [5.41, 5.74) is 0. The van der Waals surface area contributed by atoms with Crippen LogP contribution in [0, 0.1) is 0 Å². The van der Waals surface area contributed by atoms with E-state index in [9.17, 15) is 13.6 Å². The van der Waals surface area contributed by atoms with Crippen LogP contribution in [0.1, 0.15) is 52.4 Å². The molecule has 0 aliphatic carbocycles. The summed E-state index contributed by atoms with van der Waals surface area (Å²) in [5, 5.41) is -0.209. The molecule has 2 nitrogen and oxygen atoms in total. The second kappa shape index (κ2) is 9.59. The number of carbonyl (C=O) groups is 1. The Morgan fingerprint density at radius 2 is 1.94 bits per heavy atom. The van der Waals surface area contributed by atoms with Gasteiger partial charge in [0.15, 0.2) is 0 Å². The molecule has 108 valence electrons. The van der Waals surface area contributed by atoms with Crippen LogP contribution in [0.5, 0.6) is 0 Å². The van der Waals surface area contributed by atoms with Gasteiger partial charge in [0.05, 0.1) is 7.11 Å². The van der Waals surface area contributed by atoms with Crippen LogP contribution >= 0.6 is 11.8 Å². The Morgan fingerprint density at radius 3 is 2.44 bits per heavy atom. The maximum Gasteiger partial charge on any atom is 0.318 e. The molecule has 0 heterocycles. The second-order valence-corrected chi connectivity index (χ2v) is 5.69. The molecule has 0 aromatic heterocycles. The predicted octanol–water partition coefficient (Wildman–Crippen LogP) is 4.28. The fourth-order valence-electron chi connectivity index (χ4n) is 1.71. The molecule has 0 fully saturated rings. The van der Waals surface area contributed by atoms with Gasteiger partial charge in [0.1, 0.15) is 5.25 Å². The van der Waals surface area contributed by atoms with Crippen molar-refractivity contribution >= 4 is 17.7 Å². The number of carbonyl (C=O) groups excluding carboxylic acids is 1. The molecular formula is C13H24F2O2S. The van der Waals surface area contributed by atoms with Gasteiger partial charge >= 0.3 is 5.97 Å². The van der Waals surface area contributed by atoms with Gasteiger partial charge in [-0.1, -0.05) is 26.7 Å². The SMILES string of the molecule is CCCC(SCCCC(F)(F)CCC)C(=O)OC. The van der Waals surface area contributed by atoms with E-state index in [1.165, 1.54) is 18.9 Å². The number of hydrogen-bond donors (Lipinski definition) is 0. The third-order valence-electron chi connectivity index (χ3n) is 2.64. The minimum atomic E-state index is -2.55. The fourth-order valence-corrected chi connectivity index (χ4v) is 2.94. The van der Waals surface area contributed by atoms with E-state index >= 15 is 0 Å². The lowest BCUT2D eigenvalue weighted by molar-refractivity contribution is -0.140. The van der Waals surface area contributed by atoms with Crippen molar-refractivity contribution in [3.05, 3.63) is 0 Å². The van der Waals surface area contributed by atoms with Crippen molar-refractivity contribution in [3.8, 4) is 0 Å². The van der Waals surface area contributed by atoms with Gasteiger partial charge in [0, 0.05) is 12.8 Å². The van der Waals surface area contributed by atoms with Gasteiger partial charge in [-0.2, -0.15) is 0 Å². The number of ether oxygens (including phenoxy) is 1. The molecule has 0 aliphatic rings. The summed E-state index contributed by atoms with van der Waals surface area (Å²) in [7, 11) is 1.36. The van der Waals surface area contributed by atoms with Gasteiger partial charge in [-0.25, -0.2) is 8.78 Å². The smallest absolute Gasteiger partial charge is 0.318 e. The number of methoxy groups -OCH3 is 1. The molecule has 0 spiro atoms. The molecule has 0 bridgehead atoms. The standard InChI is InChI=1S/C13H24F2O2S/c1-4-7-11(12(16)17-3)18-10-6-9-13(14,15)8-5-2/h11H,4-10H2,1-3H3. The number of rotatable bonds is 10. The molecule has 0 rings (SSSR count). The lowest BCUT2D eigenvalue weighted by Gasteiger charge is -2.16. The third-order valence-corrected chi connectivity index (χ3v) is 3.99. The average Bonchev–Trinajstić information content (AvgIpc) is 2.32. The Hall–Kier alpha value is -0.320. The summed E-state index contributed by atoms with van der Waals surface area (Å²) in [6.07, 6.45) is 2.43. The molecule has 0 aromatic rings. The van der Waals surface area contributed by atoms with Crippen LogP contribution in [-0.2, 0) is 9.53 Å². The van der Waals surface area contributed by atoms with Crippen molar-refractivity contribution in [2.24, 2.45) is 0 Å². The van der Waals surface area contributed by atoms with E-state index in [0.717, 1.165) is 12.8 Å². The highest BCUT2D eigenvalue weighted by molar-refractivity contribution is 8.00. The molecule has 0 aliphatic heterocycles. The zero-order valence-corrected chi connectivity index (χ0v) is 12.3. The normalized spacial score (nSPS) is 13.4. The third kappa shape index (κ3) is 7.90. The lowest BCUT2D eigenvalue weighted by Crippen LogP contribution is -2.20. The average molecular weight is 282 g/mol. The van der Waals surface area contributed by atoms with Crippen molar-refractivity contribution in [2.75, 3.05) is 12.9 Å². The summed E-state index contributed by atoms with van der Waals surface area (Å²) in [5.74, 6) is -2.22. The van der Waals surface area contributed by atoms with E-state index in [1.54, 1.807) is 6.92 Å². The molecule has 1 unspecified atom stereocenters. The zero-order chi connectivity index (χ0) is 14.0. The Bertz CT molecular complexity index is 235. The van der Waals surface area contributed by atoms with Crippen molar-refractivity contribution in [1.82, 2.24) is 0 Å². The Kier molecular flexibility index (Phi) is 9.42. The Morgan fingerprint density at radius 1 is 1.28 bits per heavy atom. The van der Waals surface area contributed by atoms with Crippen molar-refractivity contribution < 1.29 is 18.3 Å². The van der Waals surface area contributed by atoms with Crippen LogP contribution in [0.25, 0.3) is 0 Å². The first-order chi connectivity index (χ1) is 8.46. The van der Waals surface area contributed by atoms with E-state index in [0.29, 0.717) is 18.6 Å². The highest BCUT2D eigenvalue weighted by Crippen LogP contribution is 2.28. The van der Waals surface area contributed by atoms with E-state index in [4.69, 9.17) is 4.74 Å². The van der Waals surface area contributed by atoms with Gasteiger partial charge in [0.2, 0.25) is 5.92 Å². The van der Waals surface area contributed by atoms with Crippen molar-refractivity contribution in [1.29, 1.82) is 0 Å². The molecular weight excluding hydrogens is 258 g/mol. The molecule has 5 heteroatoms. The van der Waals surface area contributed by atoms with Gasteiger partial charge < -0.3 is 4.74 Å². The summed E-state index contributed by atoms with van der Waals surface area (Å²) in [4.78, 5) is 11.4. The van der Waals surface area contributed by atoms with E-state index in [-0.39, 0.29) is 24.1 Å². The zero-order valence-electron chi connectivity index (χ0n) is 11.5. The summed E-state index contributed by atoms with van der Waals surface area (Å²) in [6, 6.07) is 0. The maximum atomic E-state index is 13.2. The summed E-state index contributed by atoms with van der Waals surface area (Å²) in [6.45, 7) is 3.75. The van der Waals surface area contributed by atoms with Crippen molar-refractivity contribution in [2.45, 2.75) is 63.5 Å². The van der Waals surface area contributed by atoms with E-state index < -0.39 is 5.92 Å². The highest BCUT2D eigenvalue weighted by atomic mass is 32.2. The van der Waals surface area contributed by atoms with Crippen LogP contribution in [0.4, 0.5) is 8.78 Å². The Labute approximate surface area is 113 Å². The topological polar surface area (TPSA) is 26.3 Å². The summed E-state index contributed by atoms with van der Waals surface area (Å²) >= 11 is 1.43. The summed E-state index contributed by atoms with van der Waals surface area (Å²) < 4.78 is 31.1. The molecule has 18 heavy (non-hydrogen) atoms. The van der Waals surface area contributed by atoms with E-state index in [1.807, 2.05) is 6.92 Å². The highest BCUT2D eigenvalue weighted by Gasteiger charge is 2.27. The molecule has 0 saturated carbocycles.